The van der Waals surface area contributed by atoms with Crippen LogP contribution in [0.4, 0.5) is 0 Å². The molecule has 1 heterocycles. The lowest BCUT2D eigenvalue weighted by Crippen LogP contribution is -2.12. The maximum Gasteiger partial charge on any atom is 0.154 e. The second-order valence-electron chi connectivity index (χ2n) is 2.20. The third-order valence-corrected chi connectivity index (χ3v) is 1.43. The van der Waals surface area contributed by atoms with Gasteiger partial charge in [-0.3, -0.25) is 0 Å². The molecule has 0 spiro atoms. The second kappa shape index (κ2) is 3.41. The molecule has 0 radical (unpaired) electrons. The van der Waals surface area contributed by atoms with Crippen LogP contribution in [0.3, 0.4) is 0 Å². The molecule has 1 N–H and O–H groups in total. The Bertz CT molecular complexity index is 155. The van der Waals surface area contributed by atoms with E-state index in [-0.39, 0.29) is 6.10 Å². The molecular weight excluding hydrogens is 134 g/mol. The van der Waals surface area contributed by atoms with Crippen LogP contribution in [0.2, 0.25) is 0 Å². The average Bonchev–Trinajstić information content (AvgIpc) is 2.31. The molecule has 1 rings (SSSR count). The van der Waals surface area contributed by atoms with Crippen molar-refractivity contribution in [2.45, 2.75) is 25.2 Å². The monoisotopic (exact) mass is 143 g/mol. The first-order chi connectivity index (χ1) is 4.83. The van der Waals surface area contributed by atoms with Gasteiger partial charge in [0.15, 0.2) is 6.29 Å². The van der Waals surface area contributed by atoms with Crippen LogP contribution in [0.1, 0.15) is 12.8 Å². The average molecular weight is 143 g/mol. The molecule has 0 bridgehead atoms. The molecule has 0 aliphatic carbocycles. The number of rotatable bonds is 2. The van der Waals surface area contributed by atoms with Gasteiger partial charge in [-0.05, 0) is 12.0 Å². The van der Waals surface area contributed by atoms with E-state index in [2.05, 4.69) is 10.0 Å². The van der Waals surface area contributed by atoms with Crippen molar-refractivity contribution < 1.29 is 9.84 Å². The van der Waals surface area contributed by atoms with Gasteiger partial charge in [-0.15, -0.1) is 0 Å². The van der Waals surface area contributed by atoms with E-state index in [9.17, 15) is 0 Å². The largest absolute Gasteiger partial charge is 0.368 e. The summed E-state index contributed by atoms with van der Waals surface area (Å²) in [6, 6.07) is 0. The summed E-state index contributed by atoms with van der Waals surface area (Å²) < 4.78 is 4.95. The number of aliphatic hydroxyl groups excluding tert-OH is 1. The summed E-state index contributed by atoms with van der Waals surface area (Å²) in [4.78, 5) is 2.59. The third-order valence-electron chi connectivity index (χ3n) is 1.43. The Kier molecular flexibility index (Phi) is 2.50. The Balaban J connectivity index is 2.24. The van der Waals surface area contributed by atoms with Crippen LogP contribution in [0.5, 0.6) is 0 Å². The zero-order valence-electron chi connectivity index (χ0n) is 5.47. The van der Waals surface area contributed by atoms with Gasteiger partial charge < -0.3 is 9.84 Å². The Morgan fingerprint density at radius 1 is 1.70 bits per heavy atom. The number of hydrogen-bond acceptors (Lipinski definition) is 3. The van der Waals surface area contributed by atoms with Crippen molar-refractivity contribution in [1.29, 1.82) is 0 Å². The quantitative estimate of drug-likeness (QED) is 0.352. The zero-order valence-corrected chi connectivity index (χ0v) is 5.47. The van der Waals surface area contributed by atoms with E-state index in [4.69, 9.17) is 15.4 Å². The minimum Gasteiger partial charge on any atom is -0.368 e. The lowest BCUT2D eigenvalue weighted by molar-refractivity contribution is -0.0871. The Morgan fingerprint density at radius 3 is 3.00 bits per heavy atom. The predicted octanol–water partition coefficient (Wildman–Crippen LogP) is 0.794. The van der Waals surface area contributed by atoms with Crippen LogP contribution in [-0.2, 0) is 4.74 Å². The maximum absolute atomic E-state index is 8.84. The first kappa shape index (κ1) is 7.34. The summed E-state index contributed by atoms with van der Waals surface area (Å²) in [6.45, 7) is 0.327. The molecule has 1 unspecified atom stereocenters. The SMILES string of the molecule is [N-]=[N+]=NC[C@H]1CCC(O)O1. The molecule has 0 aromatic heterocycles. The highest BCUT2D eigenvalue weighted by Crippen LogP contribution is 2.17. The lowest BCUT2D eigenvalue weighted by atomic mass is 10.2. The second-order valence-corrected chi connectivity index (χ2v) is 2.20. The maximum atomic E-state index is 8.84. The topological polar surface area (TPSA) is 78.2 Å². The highest BCUT2D eigenvalue weighted by atomic mass is 16.6. The number of nitrogens with zero attached hydrogens (tertiary/aromatic N) is 3. The first-order valence-electron chi connectivity index (χ1n) is 3.17. The highest BCUT2D eigenvalue weighted by Gasteiger charge is 2.21. The summed E-state index contributed by atoms with van der Waals surface area (Å²) in [5, 5.41) is 12.2. The fraction of sp³-hybridized carbons (Fsp3) is 1.00. The van der Waals surface area contributed by atoms with Crippen LogP contribution in [0.25, 0.3) is 10.4 Å². The molecular formula is C5H9N3O2. The van der Waals surface area contributed by atoms with Gasteiger partial charge >= 0.3 is 0 Å². The van der Waals surface area contributed by atoms with Crippen molar-refractivity contribution in [2.24, 2.45) is 5.11 Å². The van der Waals surface area contributed by atoms with Crippen LogP contribution in [0.15, 0.2) is 5.11 Å². The molecule has 5 nitrogen and oxygen atoms in total. The van der Waals surface area contributed by atoms with Crippen LogP contribution >= 0.6 is 0 Å². The fourth-order valence-corrected chi connectivity index (χ4v) is 0.949. The molecule has 56 valence electrons. The van der Waals surface area contributed by atoms with Crippen molar-refractivity contribution in [3.63, 3.8) is 0 Å². The van der Waals surface area contributed by atoms with Crippen LogP contribution in [0, 0.1) is 0 Å². The number of aliphatic hydroxyl groups is 1. The van der Waals surface area contributed by atoms with E-state index in [1.165, 1.54) is 0 Å². The summed E-state index contributed by atoms with van der Waals surface area (Å²) >= 11 is 0. The molecule has 5 heteroatoms. The zero-order chi connectivity index (χ0) is 7.40. The molecule has 2 atom stereocenters. The minimum absolute atomic E-state index is 0.0779. The third kappa shape index (κ3) is 1.88. The van der Waals surface area contributed by atoms with Crippen molar-refractivity contribution in [1.82, 2.24) is 0 Å². The summed E-state index contributed by atoms with van der Waals surface area (Å²) in [6.07, 6.45) is 0.691. The molecule has 1 aliphatic heterocycles. The summed E-state index contributed by atoms with van der Waals surface area (Å²) in [7, 11) is 0. The van der Waals surface area contributed by atoms with Gasteiger partial charge in [0.2, 0.25) is 0 Å². The predicted molar refractivity (Wildman–Crippen MR) is 34.1 cm³/mol. The van der Waals surface area contributed by atoms with Crippen molar-refractivity contribution in [2.75, 3.05) is 6.54 Å². The van der Waals surface area contributed by atoms with Gasteiger partial charge in [0.1, 0.15) is 0 Å². The van der Waals surface area contributed by atoms with Crippen molar-refractivity contribution in [3.8, 4) is 0 Å². The van der Waals surface area contributed by atoms with Gasteiger partial charge in [0.05, 0.1) is 12.6 Å². The van der Waals surface area contributed by atoms with Gasteiger partial charge in [0, 0.05) is 11.3 Å². The molecule has 0 aromatic rings. The van der Waals surface area contributed by atoms with Gasteiger partial charge in [-0.2, -0.15) is 0 Å². The van der Waals surface area contributed by atoms with E-state index in [0.717, 1.165) is 6.42 Å². The standard InChI is InChI=1S/C5H9N3O2/c6-8-7-3-4-1-2-5(9)10-4/h4-5,9H,1-3H2/t4-,5?/m1/s1. The summed E-state index contributed by atoms with van der Waals surface area (Å²) in [5.74, 6) is 0. The molecule has 1 aliphatic rings. The van der Waals surface area contributed by atoms with E-state index < -0.39 is 6.29 Å². The van der Waals surface area contributed by atoms with E-state index in [0.29, 0.717) is 13.0 Å². The molecule has 1 fully saturated rings. The van der Waals surface area contributed by atoms with E-state index >= 15 is 0 Å². The molecule has 10 heavy (non-hydrogen) atoms. The number of hydrogen-bond donors (Lipinski definition) is 1. The molecule has 0 amide bonds. The smallest absolute Gasteiger partial charge is 0.154 e. The molecule has 1 saturated heterocycles. The Hall–Kier alpha value is -0.770. The van der Waals surface area contributed by atoms with Gasteiger partial charge in [-0.25, -0.2) is 0 Å². The normalized spacial score (nSPS) is 31.7. The van der Waals surface area contributed by atoms with Gasteiger partial charge in [0.25, 0.3) is 0 Å². The highest BCUT2D eigenvalue weighted by molar-refractivity contribution is 4.69. The van der Waals surface area contributed by atoms with Crippen LogP contribution < -0.4 is 0 Å². The van der Waals surface area contributed by atoms with Gasteiger partial charge in [-0.1, -0.05) is 5.11 Å². The lowest BCUT2D eigenvalue weighted by Gasteiger charge is -2.04. The van der Waals surface area contributed by atoms with Crippen molar-refractivity contribution in [3.05, 3.63) is 10.4 Å². The van der Waals surface area contributed by atoms with Crippen molar-refractivity contribution >= 4 is 0 Å². The Labute approximate surface area is 58.2 Å². The fourth-order valence-electron chi connectivity index (χ4n) is 0.949. The Morgan fingerprint density at radius 2 is 2.50 bits per heavy atom. The van der Waals surface area contributed by atoms with Crippen LogP contribution in [-0.4, -0.2) is 24.0 Å². The number of azide groups is 1. The van der Waals surface area contributed by atoms with E-state index in [1.54, 1.807) is 0 Å². The number of ether oxygens (including phenoxy) is 1. The molecule has 0 saturated carbocycles. The van der Waals surface area contributed by atoms with E-state index in [1.807, 2.05) is 0 Å². The molecule has 0 aromatic carbocycles. The first-order valence-corrected chi connectivity index (χ1v) is 3.17. The minimum atomic E-state index is -0.654. The summed E-state index contributed by atoms with van der Waals surface area (Å²) in [5.41, 5.74) is 7.93.